The minimum absolute atomic E-state index is 0.226. The van der Waals surface area contributed by atoms with Crippen LogP contribution >= 0.6 is 11.8 Å². The van der Waals surface area contributed by atoms with Crippen molar-refractivity contribution in [2.24, 2.45) is 0 Å². The van der Waals surface area contributed by atoms with Gasteiger partial charge in [-0.05, 0) is 36.0 Å². The quantitative estimate of drug-likeness (QED) is 0.578. The summed E-state index contributed by atoms with van der Waals surface area (Å²) in [6, 6.07) is 10.1. The van der Waals surface area contributed by atoms with Crippen molar-refractivity contribution in [1.29, 1.82) is 0 Å². The van der Waals surface area contributed by atoms with Crippen LogP contribution in [0.15, 0.2) is 45.7 Å². The first-order chi connectivity index (χ1) is 13.5. The maximum absolute atomic E-state index is 11.9. The molecule has 1 aliphatic heterocycles. The van der Waals surface area contributed by atoms with E-state index in [1.54, 1.807) is 36.4 Å². The molecule has 1 fully saturated rings. The van der Waals surface area contributed by atoms with Gasteiger partial charge >= 0.3 is 12.1 Å². The van der Waals surface area contributed by atoms with Gasteiger partial charge in [0.1, 0.15) is 11.5 Å². The number of furan rings is 1. The molecule has 10 heteroatoms. The number of amides is 3. The van der Waals surface area contributed by atoms with Gasteiger partial charge in [0.2, 0.25) is 0 Å². The average Bonchev–Trinajstić information content (AvgIpc) is 3.26. The molecule has 2 heterocycles. The molecule has 0 spiro atoms. The largest absolute Gasteiger partial charge is 0.466 e. The summed E-state index contributed by atoms with van der Waals surface area (Å²) in [6.45, 7) is -0.512. The number of hydrogen-bond donors (Lipinski definition) is 2. The Labute approximate surface area is 163 Å². The van der Waals surface area contributed by atoms with E-state index in [9.17, 15) is 19.2 Å². The smallest absolute Gasteiger partial charge is 0.412 e. The number of thioether (sulfide) groups is 1. The van der Waals surface area contributed by atoms with Crippen molar-refractivity contribution in [3.05, 3.63) is 47.1 Å². The van der Waals surface area contributed by atoms with Gasteiger partial charge in [-0.15, -0.1) is 0 Å². The van der Waals surface area contributed by atoms with Crippen molar-refractivity contribution in [1.82, 2.24) is 5.32 Å². The zero-order valence-corrected chi connectivity index (χ0v) is 15.3. The topological polar surface area (TPSA) is 124 Å². The molecule has 0 bridgehead atoms. The summed E-state index contributed by atoms with van der Waals surface area (Å²) in [5.74, 6) is -0.376. The Bertz CT molecular complexity index is 980. The second-order valence-electron chi connectivity index (χ2n) is 5.38. The number of carbonyl (C=O) groups is 4. The van der Waals surface area contributed by atoms with Crippen molar-refractivity contribution >= 4 is 46.7 Å². The molecule has 0 radical (unpaired) electrons. The molecule has 0 aliphatic carbocycles. The van der Waals surface area contributed by atoms with Gasteiger partial charge in [0, 0.05) is 11.6 Å². The third-order valence-corrected chi connectivity index (χ3v) is 4.33. The van der Waals surface area contributed by atoms with E-state index in [-0.39, 0.29) is 4.91 Å². The van der Waals surface area contributed by atoms with E-state index >= 15 is 0 Å². The zero-order valence-electron chi connectivity index (χ0n) is 14.5. The fourth-order valence-corrected chi connectivity index (χ4v) is 2.92. The number of ether oxygens (including phenoxy) is 2. The standard InChI is InChI=1S/C18H14N2O7S/c1-25-15(21)9-26-17(23)19-12-5-3-2-4-11(12)13-7-6-10(27-13)8-14-16(22)20-18(24)28-14/h2-8H,9H2,1H3,(H,19,23)(H,20,22,24)/b14-8-. The number of anilines is 1. The van der Waals surface area contributed by atoms with Crippen molar-refractivity contribution in [3.63, 3.8) is 0 Å². The number of carbonyl (C=O) groups excluding carboxylic acids is 4. The predicted octanol–water partition coefficient (Wildman–Crippen LogP) is 2.99. The maximum Gasteiger partial charge on any atom is 0.412 e. The van der Waals surface area contributed by atoms with E-state index < -0.39 is 29.8 Å². The van der Waals surface area contributed by atoms with Gasteiger partial charge in [0.05, 0.1) is 17.7 Å². The lowest BCUT2D eigenvalue weighted by Gasteiger charge is -2.09. The van der Waals surface area contributed by atoms with E-state index in [1.165, 1.54) is 13.2 Å². The molecule has 1 aromatic carbocycles. The Balaban J connectivity index is 1.76. The third-order valence-electron chi connectivity index (χ3n) is 3.52. The van der Waals surface area contributed by atoms with Crippen molar-refractivity contribution in [2.45, 2.75) is 0 Å². The highest BCUT2D eigenvalue weighted by atomic mass is 32.2. The molecule has 1 aromatic heterocycles. The fourth-order valence-electron chi connectivity index (χ4n) is 2.26. The van der Waals surface area contributed by atoms with Gasteiger partial charge in [-0.1, -0.05) is 12.1 Å². The molecular weight excluding hydrogens is 388 g/mol. The number of para-hydroxylation sites is 1. The zero-order chi connectivity index (χ0) is 20.1. The van der Waals surface area contributed by atoms with Crippen molar-refractivity contribution in [2.75, 3.05) is 19.0 Å². The minimum atomic E-state index is -0.829. The molecule has 3 amide bonds. The molecule has 9 nitrogen and oxygen atoms in total. The Morgan fingerprint density at radius 2 is 2.00 bits per heavy atom. The van der Waals surface area contributed by atoms with Gasteiger partial charge in [-0.2, -0.15) is 0 Å². The summed E-state index contributed by atoms with van der Waals surface area (Å²) in [6.07, 6.45) is 0.624. The normalized spacial score (nSPS) is 14.7. The first kappa shape index (κ1) is 19.2. The number of methoxy groups -OCH3 is 1. The van der Waals surface area contributed by atoms with Crippen molar-refractivity contribution < 1.29 is 33.1 Å². The molecule has 1 aliphatic rings. The molecule has 2 N–H and O–H groups in total. The maximum atomic E-state index is 11.9. The monoisotopic (exact) mass is 402 g/mol. The second-order valence-corrected chi connectivity index (χ2v) is 6.39. The van der Waals surface area contributed by atoms with Gasteiger partial charge in [-0.3, -0.25) is 20.2 Å². The molecule has 0 atom stereocenters. The van der Waals surface area contributed by atoms with Crippen molar-refractivity contribution in [3.8, 4) is 11.3 Å². The Kier molecular flexibility index (Phi) is 5.80. The number of esters is 1. The summed E-state index contributed by atoms with van der Waals surface area (Å²) in [5, 5.41) is 4.25. The lowest BCUT2D eigenvalue weighted by atomic mass is 10.1. The second kappa shape index (κ2) is 8.44. The molecule has 0 unspecified atom stereocenters. The van der Waals surface area contributed by atoms with Gasteiger partial charge in [-0.25, -0.2) is 9.59 Å². The van der Waals surface area contributed by atoms with Gasteiger partial charge in [0.25, 0.3) is 11.1 Å². The fraction of sp³-hybridized carbons (Fsp3) is 0.111. The summed E-state index contributed by atoms with van der Waals surface area (Å²) in [4.78, 5) is 46.0. The number of hydrogen-bond acceptors (Lipinski definition) is 8. The van der Waals surface area contributed by atoms with Crippen LogP contribution in [0, 0.1) is 0 Å². The summed E-state index contributed by atoms with van der Waals surface area (Å²) < 4.78 is 14.9. The number of benzene rings is 1. The Morgan fingerprint density at radius 3 is 2.71 bits per heavy atom. The molecule has 144 valence electrons. The van der Waals surface area contributed by atoms with Crippen LogP contribution in [0.5, 0.6) is 0 Å². The molecule has 28 heavy (non-hydrogen) atoms. The van der Waals surface area contributed by atoms with Crippen LogP contribution in [0.3, 0.4) is 0 Å². The van der Waals surface area contributed by atoms with Crippen LogP contribution in [0.2, 0.25) is 0 Å². The number of nitrogens with one attached hydrogen (secondary N) is 2. The van der Waals surface area contributed by atoms with Crippen LogP contribution in [-0.4, -0.2) is 36.9 Å². The molecule has 0 saturated carbocycles. The molecular formula is C18H14N2O7S. The van der Waals surface area contributed by atoms with E-state index in [0.717, 1.165) is 11.8 Å². The lowest BCUT2D eigenvalue weighted by Crippen LogP contribution is -2.19. The predicted molar refractivity (Wildman–Crippen MR) is 100 cm³/mol. The van der Waals surface area contributed by atoms with Gasteiger partial charge < -0.3 is 13.9 Å². The Hall–Kier alpha value is -3.53. The number of rotatable bonds is 5. The van der Waals surface area contributed by atoms with E-state index in [1.807, 2.05) is 0 Å². The van der Waals surface area contributed by atoms with Gasteiger partial charge in [0.15, 0.2) is 6.61 Å². The first-order valence-corrected chi connectivity index (χ1v) is 8.72. The van der Waals surface area contributed by atoms with Crippen LogP contribution in [0.1, 0.15) is 5.76 Å². The number of imide groups is 1. The first-order valence-electron chi connectivity index (χ1n) is 7.91. The molecule has 3 rings (SSSR count). The Morgan fingerprint density at radius 1 is 1.21 bits per heavy atom. The van der Waals surface area contributed by atoms with Crippen LogP contribution < -0.4 is 10.6 Å². The van der Waals surface area contributed by atoms with Crippen LogP contribution in [-0.2, 0) is 19.1 Å². The van der Waals surface area contributed by atoms with Crippen LogP contribution in [0.25, 0.3) is 17.4 Å². The summed E-state index contributed by atoms with van der Waals surface area (Å²) in [7, 11) is 1.19. The molecule has 1 saturated heterocycles. The summed E-state index contributed by atoms with van der Waals surface area (Å²) >= 11 is 0.785. The highest BCUT2D eigenvalue weighted by Gasteiger charge is 2.25. The molecule has 2 aromatic rings. The van der Waals surface area contributed by atoms with E-state index in [4.69, 9.17) is 9.15 Å². The lowest BCUT2D eigenvalue weighted by molar-refractivity contribution is -0.143. The van der Waals surface area contributed by atoms with Crippen LogP contribution in [0.4, 0.5) is 15.3 Å². The summed E-state index contributed by atoms with van der Waals surface area (Å²) in [5.41, 5.74) is 0.954. The SMILES string of the molecule is COC(=O)COC(=O)Nc1ccccc1-c1ccc(/C=C2\SC(=O)NC2=O)o1. The minimum Gasteiger partial charge on any atom is -0.466 e. The highest BCUT2D eigenvalue weighted by molar-refractivity contribution is 8.18. The third kappa shape index (κ3) is 4.60. The average molecular weight is 402 g/mol. The van der Waals surface area contributed by atoms with E-state index in [2.05, 4.69) is 15.4 Å². The highest BCUT2D eigenvalue weighted by Crippen LogP contribution is 2.32. The van der Waals surface area contributed by atoms with E-state index in [0.29, 0.717) is 22.8 Å².